The third kappa shape index (κ3) is 4.87. The molecule has 2 nitrogen and oxygen atoms in total. The predicted octanol–water partition coefficient (Wildman–Crippen LogP) is 3.76. The van der Waals surface area contributed by atoms with Crippen molar-refractivity contribution in [2.75, 3.05) is 18.8 Å². The third-order valence-electron chi connectivity index (χ3n) is 4.41. The lowest BCUT2D eigenvalue weighted by Gasteiger charge is -2.33. The van der Waals surface area contributed by atoms with Crippen molar-refractivity contribution in [2.45, 2.75) is 51.9 Å². The van der Waals surface area contributed by atoms with E-state index in [0.29, 0.717) is 5.41 Å². The normalized spacial score (nSPS) is 18.4. The molecule has 0 amide bonds. The smallest absolute Gasteiger partial charge is 0.0314 e. The van der Waals surface area contributed by atoms with Crippen LogP contribution in [0.25, 0.3) is 0 Å². The molecular formula is C17H28N2. The highest BCUT2D eigenvalue weighted by atomic mass is 14.9. The van der Waals surface area contributed by atoms with Crippen LogP contribution in [0, 0.1) is 5.41 Å². The van der Waals surface area contributed by atoms with Crippen LogP contribution in [0.15, 0.2) is 24.3 Å². The highest BCUT2D eigenvalue weighted by molar-refractivity contribution is 5.39. The number of hydrogen-bond acceptors (Lipinski definition) is 2. The number of nitrogen functional groups attached to an aromatic ring is 1. The molecule has 1 aliphatic rings. The van der Waals surface area contributed by atoms with E-state index in [4.69, 9.17) is 5.73 Å². The number of benzene rings is 1. The topological polar surface area (TPSA) is 38.0 Å². The van der Waals surface area contributed by atoms with E-state index in [1.54, 1.807) is 0 Å². The molecule has 0 aromatic heterocycles. The average molecular weight is 260 g/mol. The SMILES string of the molecule is CC1(CNCCCc2ccc(N)cc2)CCCCC1. The number of nitrogens with two attached hydrogens (primary N) is 1. The highest BCUT2D eigenvalue weighted by Gasteiger charge is 2.25. The van der Waals surface area contributed by atoms with Gasteiger partial charge in [-0.15, -0.1) is 0 Å². The summed E-state index contributed by atoms with van der Waals surface area (Å²) >= 11 is 0. The van der Waals surface area contributed by atoms with Gasteiger partial charge in [0.2, 0.25) is 0 Å². The maximum Gasteiger partial charge on any atom is 0.0314 e. The first-order chi connectivity index (χ1) is 9.18. The molecular weight excluding hydrogens is 232 g/mol. The van der Waals surface area contributed by atoms with Crippen molar-refractivity contribution in [2.24, 2.45) is 5.41 Å². The van der Waals surface area contributed by atoms with Crippen LogP contribution < -0.4 is 11.1 Å². The number of nitrogens with one attached hydrogen (secondary N) is 1. The van der Waals surface area contributed by atoms with Crippen LogP contribution in [0.4, 0.5) is 5.69 Å². The second kappa shape index (κ2) is 6.95. The van der Waals surface area contributed by atoms with Gasteiger partial charge in [-0.1, -0.05) is 38.3 Å². The molecule has 0 aliphatic heterocycles. The molecule has 1 aromatic rings. The largest absolute Gasteiger partial charge is 0.399 e. The zero-order chi connectivity index (χ0) is 13.6. The summed E-state index contributed by atoms with van der Waals surface area (Å²) in [5.41, 5.74) is 8.49. The summed E-state index contributed by atoms with van der Waals surface area (Å²) in [5, 5.41) is 3.65. The fourth-order valence-electron chi connectivity index (χ4n) is 3.07. The van der Waals surface area contributed by atoms with Gasteiger partial charge < -0.3 is 11.1 Å². The standard InChI is InChI=1S/C17H28N2/c1-17(11-3-2-4-12-17)14-19-13-5-6-15-7-9-16(18)10-8-15/h7-10,19H,2-6,11-14,18H2,1H3. The summed E-state index contributed by atoms with van der Waals surface area (Å²) in [7, 11) is 0. The van der Waals surface area contributed by atoms with E-state index in [2.05, 4.69) is 24.4 Å². The van der Waals surface area contributed by atoms with Crippen LogP contribution >= 0.6 is 0 Å². The number of aryl methyl sites for hydroxylation is 1. The minimum absolute atomic E-state index is 0.555. The van der Waals surface area contributed by atoms with Crippen molar-refractivity contribution in [3.05, 3.63) is 29.8 Å². The fraction of sp³-hybridized carbons (Fsp3) is 0.647. The van der Waals surface area contributed by atoms with Gasteiger partial charge >= 0.3 is 0 Å². The number of rotatable bonds is 6. The molecule has 2 heteroatoms. The minimum Gasteiger partial charge on any atom is -0.399 e. The molecule has 3 N–H and O–H groups in total. The lowest BCUT2D eigenvalue weighted by Crippen LogP contribution is -2.34. The summed E-state index contributed by atoms with van der Waals surface area (Å²) in [4.78, 5) is 0. The van der Waals surface area contributed by atoms with E-state index in [-0.39, 0.29) is 0 Å². The Morgan fingerprint density at radius 2 is 1.79 bits per heavy atom. The van der Waals surface area contributed by atoms with Crippen LogP contribution in [-0.2, 0) is 6.42 Å². The summed E-state index contributed by atoms with van der Waals surface area (Å²) in [6.07, 6.45) is 9.43. The lowest BCUT2D eigenvalue weighted by molar-refractivity contribution is 0.208. The monoisotopic (exact) mass is 260 g/mol. The summed E-state index contributed by atoms with van der Waals surface area (Å²) in [5.74, 6) is 0. The molecule has 0 spiro atoms. The Hall–Kier alpha value is -1.02. The molecule has 0 unspecified atom stereocenters. The highest BCUT2D eigenvalue weighted by Crippen LogP contribution is 2.34. The van der Waals surface area contributed by atoms with Gasteiger partial charge in [0.25, 0.3) is 0 Å². The van der Waals surface area contributed by atoms with E-state index >= 15 is 0 Å². The van der Waals surface area contributed by atoms with Crippen molar-refractivity contribution in [3.8, 4) is 0 Å². The lowest BCUT2D eigenvalue weighted by atomic mass is 9.76. The van der Waals surface area contributed by atoms with Gasteiger partial charge in [-0.25, -0.2) is 0 Å². The van der Waals surface area contributed by atoms with Crippen LogP contribution in [-0.4, -0.2) is 13.1 Å². The Bertz CT molecular complexity index is 363. The maximum atomic E-state index is 5.69. The van der Waals surface area contributed by atoms with Gasteiger partial charge in [0.05, 0.1) is 0 Å². The van der Waals surface area contributed by atoms with Gasteiger partial charge in [0.15, 0.2) is 0 Å². The minimum atomic E-state index is 0.555. The van der Waals surface area contributed by atoms with Crippen molar-refractivity contribution < 1.29 is 0 Å². The molecule has 1 saturated carbocycles. The van der Waals surface area contributed by atoms with Gasteiger partial charge in [0.1, 0.15) is 0 Å². The quantitative estimate of drug-likeness (QED) is 0.603. The van der Waals surface area contributed by atoms with Gasteiger partial charge in [-0.05, 0) is 55.3 Å². The van der Waals surface area contributed by atoms with E-state index in [9.17, 15) is 0 Å². The molecule has 0 radical (unpaired) electrons. The van der Waals surface area contributed by atoms with Crippen molar-refractivity contribution >= 4 is 5.69 Å². The van der Waals surface area contributed by atoms with Crippen molar-refractivity contribution in [1.29, 1.82) is 0 Å². The molecule has 0 saturated heterocycles. The fourth-order valence-corrected chi connectivity index (χ4v) is 3.07. The second-order valence-corrected chi connectivity index (χ2v) is 6.39. The van der Waals surface area contributed by atoms with E-state index in [1.807, 2.05) is 12.1 Å². The summed E-state index contributed by atoms with van der Waals surface area (Å²) in [6.45, 7) is 4.76. The first kappa shape index (κ1) is 14.4. The Balaban J connectivity index is 1.60. The maximum absolute atomic E-state index is 5.69. The van der Waals surface area contributed by atoms with Gasteiger partial charge in [-0.3, -0.25) is 0 Å². The molecule has 0 bridgehead atoms. The first-order valence-corrected chi connectivity index (χ1v) is 7.73. The van der Waals surface area contributed by atoms with E-state index < -0.39 is 0 Å². The third-order valence-corrected chi connectivity index (χ3v) is 4.41. The molecule has 2 rings (SSSR count). The van der Waals surface area contributed by atoms with Gasteiger partial charge in [-0.2, -0.15) is 0 Å². The molecule has 1 fully saturated rings. The number of hydrogen-bond donors (Lipinski definition) is 2. The van der Waals surface area contributed by atoms with Crippen LogP contribution in [0.1, 0.15) is 51.0 Å². The van der Waals surface area contributed by atoms with E-state index in [0.717, 1.165) is 18.7 Å². The Labute approximate surface area is 117 Å². The first-order valence-electron chi connectivity index (χ1n) is 7.73. The Morgan fingerprint density at radius 3 is 2.47 bits per heavy atom. The van der Waals surface area contributed by atoms with Crippen molar-refractivity contribution in [1.82, 2.24) is 5.32 Å². The average Bonchev–Trinajstić information content (AvgIpc) is 2.41. The number of anilines is 1. The molecule has 1 aliphatic carbocycles. The zero-order valence-electron chi connectivity index (χ0n) is 12.3. The van der Waals surface area contributed by atoms with Crippen LogP contribution in [0.2, 0.25) is 0 Å². The van der Waals surface area contributed by atoms with Gasteiger partial charge in [0, 0.05) is 12.2 Å². The van der Waals surface area contributed by atoms with Crippen molar-refractivity contribution in [3.63, 3.8) is 0 Å². The summed E-state index contributed by atoms with van der Waals surface area (Å²) < 4.78 is 0. The zero-order valence-corrected chi connectivity index (χ0v) is 12.3. The Kier molecular flexibility index (Phi) is 5.26. The Morgan fingerprint density at radius 1 is 1.11 bits per heavy atom. The van der Waals surface area contributed by atoms with Crippen LogP contribution in [0.5, 0.6) is 0 Å². The van der Waals surface area contributed by atoms with E-state index in [1.165, 1.54) is 50.6 Å². The molecule has 0 atom stereocenters. The predicted molar refractivity (Wildman–Crippen MR) is 83.2 cm³/mol. The second-order valence-electron chi connectivity index (χ2n) is 6.39. The van der Waals surface area contributed by atoms with Crippen LogP contribution in [0.3, 0.4) is 0 Å². The molecule has 0 heterocycles. The molecule has 19 heavy (non-hydrogen) atoms. The molecule has 106 valence electrons. The summed E-state index contributed by atoms with van der Waals surface area (Å²) in [6, 6.07) is 8.26. The molecule has 1 aromatic carbocycles.